The molecule has 4 atom stereocenters. The van der Waals surface area contributed by atoms with Crippen LogP contribution < -0.4 is 0 Å². The van der Waals surface area contributed by atoms with Crippen LogP contribution in [0.3, 0.4) is 0 Å². The lowest BCUT2D eigenvalue weighted by Crippen LogP contribution is -2.30. The van der Waals surface area contributed by atoms with Crippen LogP contribution in [0.1, 0.15) is 34.1 Å². The minimum atomic E-state index is -0.215. The lowest BCUT2D eigenvalue weighted by atomic mass is 9.98. The molecule has 1 fully saturated rings. The zero-order chi connectivity index (χ0) is 10.0. The average Bonchev–Trinajstić information content (AvgIpc) is 2.31. The third-order valence-electron chi connectivity index (χ3n) is 2.72. The van der Waals surface area contributed by atoms with E-state index >= 15 is 0 Å². The Kier molecular flexibility index (Phi) is 3.31. The van der Waals surface area contributed by atoms with Gasteiger partial charge in [-0.2, -0.15) is 0 Å². The fourth-order valence-corrected chi connectivity index (χ4v) is 1.79. The third kappa shape index (κ3) is 2.21. The molecule has 0 bridgehead atoms. The summed E-state index contributed by atoms with van der Waals surface area (Å²) < 4.78 is 10.9. The van der Waals surface area contributed by atoms with E-state index in [1.807, 2.05) is 13.8 Å². The standard InChI is InChI=1S/C10H18O3/c1-5-9-10(13-8(4)11)6(2)7(3)12-9/h6-7,9-10H,5H2,1-4H3. The van der Waals surface area contributed by atoms with Gasteiger partial charge in [0.15, 0.2) is 0 Å². The molecule has 0 radical (unpaired) electrons. The van der Waals surface area contributed by atoms with Crippen molar-refractivity contribution in [3.05, 3.63) is 0 Å². The van der Waals surface area contributed by atoms with Crippen molar-refractivity contribution in [3.63, 3.8) is 0 Å². The second-order valence-corrected chi connectivity index (χ2v) is 3.72. The maximum absolute atomic E-state index is 10.8. The second-order valence-electron chi connectivity index (χ2n) is 3.72. The van der Waals surface area contributed by atoms with E-state index in [4.69, 9.17) is 9.47 Å². The van der Waals surface area contributed by atoms with Crippen LogP contribution in [0.25, 0.3) is 0 Å². The SMILES string of the molecule is CCC1OC(C)C(C)C1OC(C)=O. The van der Waals surface area contributed by atoms with E-state index in [-0.39, 0.29) is 24.3 Å². The second kappa shape index (κ2) is 4.09. The summed E-state index contributed by atoms with van der Waals surface area (Å²) in [6.07, 6.45) is 1.10. The Hall–Kier alpha value is -0.570. The fourth-order valence-electron chi connectivity index (χ4n) is 1.79. The fraction of sp³-hybridized carbons (Fsp3) is 0.900. The van der Waals surface area contributed by atoms with Gasteiger partial charge in [-0.25, -0.2) is 0 Å². The summed E-state index contributed by atoms with van der Waals surface area (Å²) in [6, 6.07) is 0. The highest BCUT2D eigenvalue weighted by atomic mass is 16.6. The van der Waals surface area contributed by atoms with Crippen LogP contribution in [0.15, 0.2) is 0 Å². The van der Waals surface area contributed by atoms with Gasteiger partial charge in [-0.05, 0) is 13.3 Å². The molecule has 1 aliphatic rings. The van der Waals surface area contributed by atoms with E-state index in [0.29, 0.717) is 5.92 Å². The first kappa shape index (κ1) is 10.5. The maximum Gasteiger partial charge on any atom is 0.303 e. The molecule has 1 heterocycles. The van der Waals surface area contributed by atoms with Crippen LogP contribution in [0, 0.1) is 5.92 Å². The molecule has 0 aromatic rings. The first-order valence-electron chi connectivity index (χ1n) is 4.89. The molecule has 0 saturated carbocycles. The zero-order valence-corrected chi connectivity index (χ0v) is 8.74. The molecule has 0 amide bonds. The van der Waals surface area contributed by atoms with Gasteiger partial charge in [-0.15, -0.1) is 0 Å². The molecule has 4 unspecified atom stereocenters. The summed E-state index contributed by atoms with van der Waals surface area (Å²) in [5, 5.41) is 0. The van der Waals surface area contributed by atoms with Crippen LogP contribution in [-0.2, 0) is 14.3 Å². The summed E-state index contributed by atoms with van der Waals surface area (Å²) in [7, 11) is 0. The molecule has 3 heteroatoms. The molecule has 0 N–H and O–H groups in total. The molecule has 0 aromatic carbocycles. The van der Waals surface area contributed by atoms with Crippen molar-refractivity contribution in [2.45, 2.75) is 52.4 Å². The third-order valence-corrected chi connectivity index (χ3v) is 2.72. The van der Waals surface area contributed by atoms with Crippen molar-refractivity contribution in [2.24, 2.45) is 5.92 Å². The largest absolute Gasteiger partial charge is 0.459 e. The minimum Gasteiger partial charge on any atom is -0.459 e. The lowest BCUT2D eigenvalue weighted by molar-refractivity contribution is -0.150. The van der Waals surface area contributed by atoms with E-state index in [9.17, 15) is 4.79 Å². The van der Waals surface area contributed by atoms with Gasteiger partial charge in [0, 0.05) is 12.8 Å². The molecule has 0 aromatic heterocycles. The number of hydrogen-bond acceptors (Lipinski definition) is 3. The summed E-state index contributed by atoms with van der Waals surface area (Å²) in [4.78, 5) is 10.8. The van der Waals surface area contributed by atoms with Gasteiger partial charge in [-0.1, -0.05) is 13.8 Å². The molecule has 76 valence electrons. The highest BCUT2D eigenvalue weighted by Gasteiger charge is 2.40. The van der Waals surface area contributed by atoms with Gasteiger partial charge >= 0.3 is 5.97 Å². The van der Waals surface area contributed by atoms with E-state index in [0.717, 1.165) is 6.42 Å². The van der Waals surface area contributed by atoms with Crippen LogP contribution in [0.2, 0.25) is 0 Å². The van der Waals surface area contributed by atoms with Gasteiger partial charge in [0.05, 0.1) is 12.2 Å². The highest BCUT2D eigenvalue weighted by molar-refractivity contribution is 5.66. The first-order valence-corrected chi connectivity index (χ1v) is 4.89. The van der Waals surface area contributed by atoms with Gasteiger partial charge in [0.2, 0.25) is 0 Å². The Bertz CT molecular complexity index is 191. The highest BCUT2D eigenvalue weighted by Crippen LogP contribution is 2.30. The molecule has 0 aliphatic carbocycles. The Morgan fingerprint density at radius 3 is 2.54 bits per heavy atom. The summed E-state index contributed by atoms with van der Waals surface area (Å²) in [5.74, 6) is 0.0850. The van der Waals surface area contributed by atoms with Crippen LogP contribution >= 0.6 is 0 Å². The van der Waals surface area contributed by atoms with Gasteiger partial charge in [0.25, 0.3) is 0 Å². The van der Waals surface area contributed by atoms with Gasteiger partial charge in [0.1, 0.15) is 6.10 Å². The van der Waals surface area contributed by atoms with Crippen LogP contribution in [0.5, 0.6) is 0 Å². The van der Waals surface area contributed by atoms with E-state index in [2.05, 4.69) is 6.92 Å². The van der Waals surface area contributed by atoms with E-state index in [1.54, 1.807) is 0 Å². The Morgan fingerprint density at radius 2 is 2.08 bits per heavy atom. The summed E-state index contributed by atoms with van der Waals surface area (Å²) >= 11 is 0. The Morgan fingerprint density at radius 1 is 1.46 bits per heavy atom. The average molecular weight is 186 g/mol. The van der Waals surface area contributed by atoms with Crippen molar-refractivity contribution < 1.29 is 14.3 Å². The number of ether oxygens (including phenoxy) is 2. The van der Waals surface area contributed by atoms with Crippen molar-refractivity contribution in [1.29, 1.82) is 0 Å². The quantitative estimate of drug-likeness (QED) is 0.616. The van der Waals surface area contributed by atoms with E-state index in [1.165, 1.54) is 6.92 Å². The Labute approximate surface area is 79.4 Å². The van der Waals surface area contributed by atoms with Gasteiger partial charge in [-0.3, -0.25) is 4.79 Å². The van der Waals surface area contributed by atoms with Crippen molar-refractivity contribution >= 4 is 5.97 Å². The van der Waals surface area contributed by atoms with Crippen molar-refractivity contribution in [1.82, 2.24) is 0 Å². The number of carbonyl (C=O) groups excluding carboxylic acids is 1. The topological polar surface area (TPSA) is 35.5 Å². The monoisotopic (exact) mass is 186 g/mol. The Balaban J connectivity index is 2.62. The van der Waals surface area contributed by atoms with Crippen LogP contribution in [0.4, 0.5) is 0 Å². The maximum atomic E-state index is 10.8. The van der Waals surface area contributed by atoms with Crippen molar-refractivity contribution in [2.75, 3.05) is 0 Å². The first-order chi connectivity index (χ1) is 6.06. The number of carbonyl (C=O) groups is 1. The molecule has 3 nitrogen and oxygen atoms in total. The smallest absolute Gasteiger partial charge is 0.303 e. The van der Waals surface area contributed by atoms with Gasteiger partial charge < -0.3 is 9.47 Å². The molecule has 1 saturated heterocycles. The van der Waals surface area contributed by atoms with Crippen LogP contribution in [-0.4, -0.2) is 24.3 Å². The predicted octanol–water partition coefficient (Wildman–Crippen LogP) is 1.75. The number of hydrogen-bond donors (Lipinski definition) is 0. The molecule has 1 rings (SSSR count). The molecule has 0 spiro atoms. The van der Waals surface area contributed by atoms with Crippen molar-refractivity contribution in [3.8, 4) is 0 Å². The molecular formula is C10H18O3. The van der Waals surface area contributed by atoms with E-state index < -0.39 is 0 Å². The number of esters is 1. The minimum absolute atomic E-state index is 0.0579. The molecule has 13 heavy (non-hydrogen) atoms. The number of rotatable bonds is 2. The predicted molar refractivity (Wildman–Crippen MR) is 49.3 cm³/mol. The summed E-state index contributed by atoms with van der Waals surface area (Å²) in [6.45, 7) is 7.58. The molecule has 1 aliphatic heterocycles. The zero-order valence-electron chi connectivity index (χ0n) is 8.74. The normalized spacial score (nSPS) is 39.1. The molecular weight excluding hydrogens is 168 g/mol. The lowest BCUT2D eigenvalue weighted by Gasteiger charge is -2.19. The summed E-state index contributed by atoms with van der Waals surface area (Å²) in [5.41, 5.74) is 0.